The molecule has 8 heteroatoms. The van der Waals surface area contributed by atoms with Crippen molar-refractivity contribution in [1.29, 1.82) is 0 Å². The number of amidine groups is 1. The Labute approximate surface area is 186 Å². The lowest BCUT2D eigenvalue weighted by molar-refractivity contribution is -0.141. The topological polar surface area (TPSA) is 80.2 Å². The van der Waals surface area contributed by atoms with Gasteiger partial charge in [0.15, 0.2) is 5.17 Å². The maximum Gasteiger partial charge on any atom is 0.338 e. The average Bonchev–Trinajstić information content (AvgIpc) is 3.46. The number of nitrogens with one attached hydrogen (secondary N) is 1. The van der Waals surface area contributed by atoms with E-state index in [1.165, 1.54) is 11.8 Å². The molecule has 1 fully saturated rings. The quantitative estimate of drug-likeness (QED) is 0.492. The van der Waals surface area contributed by atoms with Crippen LogP contribution in [0.2, 0.25) is 0 Å². The predicted molar refractivity (Wildman–Crippen MR) is 120 cm³/mol. The summed E-state index contributed by atoms with van der Waals surface area (Å²) < 4.78 is 10.5. The highest BCUT2D eigenvalue weighted by Crippen LogP contribution is 2.45. The Morgan fingerprint density at radius 2 is 2.00 bits per heavy atom. The molecule has 3 aliphatic rings. The molecule has 7 nitrogen and oxygen atoms in total. The fraction of sp³-hybridized carbons (Fsp3) is 0.435. The smallest absolute Gasteiger partial charge is 0.338 e. The number of hydrogen-bond donors (Lipinski definition) is 1. The molecule has 1 aromatic carbocycles. The number of amides is 1. The minimum Gasteiger partial charge on any atom is -0.460 e. The number of aliphatic imine (C=N–C) groups is 1. The van der Waals surface area contributed by atoms with Crippen LogP contribution >= 0.6 is 11.8 Å². The molecule has 4 rings (SSSR count). The lowest BCUT2D eigenvalue weighted by Crippen LogP contribution is -2.38. The summed E-state index contributed by atoms with van der Waals surface area (Å²) in [7, 11) is 1.57. The van der Waals surface area contributed by atoms with Crippen molar-refractivity contribution in [2.45, 2.75) is 45.2 Å². The van der Waals surface area contributed by atoms with Crippen LogP contribution in [-0.4, -0.2) is 48.3 Å². The van der Waals surface area contributed by atoms with Gasteiger partial charge in [-0.1, -0.05) is 36.0 Å². The van der Waals surface area contributed by atoms with E-state index in [2.05, 4.69) is 10.3 Å². The monoisotopic (exact) mass is 441 g/mol. The molecule has 1 aromatic rings. The molecule has 0 aromatic heterocycles. The van der Waals surface area contributed by atoms with Crippen molar-refractivity contribution < 1.29 is 19.1 Å². The van der Waals surface area contributed by atoms with Crippen LogP contribution < -0.4 is 5.32 Å². The largest absolute Gasteiger partial charge is 0.460 e. The summed E-state index contributed by atoms with van der Waals surface area (Å²) in [4.78, 5) is 32.3. The van der Waals surface area contributed by atoms with Crippen LogP contribution in [0, 0.1) is 6.92 Å². The molecule has 1 N–H and O–H groups in total. The average molecular weight is 442 g/mol. The number of fused-ring (bicyclic) bond motifs is 1. The molecule has 31 heavy (non-hydrogen) atoms. The van der Waals surface area contributed by atoms with Crippen molar-refractivity contribution in [2.75, 3.05) is 20.3 Å². The van der Waals surface area contributed by atoms with Gasteiger partial charge in [-0.15, -0.1) is 0 Å². The van der Waals surface area contributed by atoms with E-state index >= 15 is 0 Å². The van der Waals surface area contributed by atoms with E-state index in [4.69, 9.17) is 9.47 Å². The SMILES string of the molecule is COCCOC(=O)C1=C(C)N=C2SC=C(CC(=O)NC3CC3)N2[C@@H]1c1ccccc1C. The first-order valence-corrected chi connectivity index (χ1v) is 11.3. The lowest BCUT2D eigenvalue weighted by Gasteiger charge is -2.37. The van der Waals surface area contributed by atoms with Gasteiger partial charge in [0.05, 0.1) is 30.3 Å². The van der Waals surface area contributed by atoms with E-state index in [9.17, 15) is 9.59 Å². The number of ether oxygens (including phenoxy) is 2. The standard InChI is InChI=1S/C23H27N3O4S/c1-14-6-4-5-7-18(14)21-20(22(28)30-11-10-29-3)15(2)24-23-26(21)17(13-31-23)12-19(27)25-16-8-9-16/h4-7,13,16,21H,8-12H2,1-3H3,(H,25,27)/t21-/m1/s1. The number of rotatable bonds is 8. The molecule has 0 saturated heterocycles. The Morgan fingerprint density at radius 3 is 2.71 bits per heavy atom. The van der Waals surface area contributed by atoms with Gasteiger partial charge in [0, 0.05) is 18.8 Å². The number of thioether (sulfide) groups is 1. The van der Waals surface area contributed by atoms with Crippen LogP contribution in [0.15, 0.2) is 51.6 Å². The second-order valence-corrected chi connectivity index (χ2v) is 8.73. The third-order valence-electron chi connectivity index (χ3n) is 5.51. The number of benzene rings is 1. The second-order valence-electron chi connectivity index (χ2n) is 7.90. The molecule has 2 heterocycles. The van der Waals surface area contributed by atoms with E-state index in [0.717, 1.165) is 34.8 Å². The lowest BCUT2D eigenvalue weighted by atomic mass is 9.91. The number of carbonyl (C=O) groups excluding carboxylic acids is 2. The zero-order valence-corrected chi connectivity index (χ0v) is 18.8. The van der Waals surface area contributed by atoms with E-state index in [1.54, 1.807) is 7.11 Å². The van der Waals surface area contributed by atoms with E-state index in [0.29, 0.717) is 23.9 Å². The second kappa shape index (κ2) is 9.28. The van der Waals surface area contributed by atoms with E-state index in [1.807, 2.05) is 48.4 Å². The van der Waals surface area contributed by atoms with E-state index < -0.39 is 12.0 Å². The van der Waals surface area contributed by atoms with Crippen LogP contribution in [0.3, 0.4) is 0 Å². The van der Waals surface area contributed by atoms with Crippen molar-refractivity contribution >= 4 is 28.8 Å². The van der Waals surface area contributed by atoms with Gasteiger partial charge in [-0.3, -0.25) is 4.79 Å². The van der Waals surface area contributed by atoms with Gasteiger partial charge in [0.25, 0.3) is 0 Å². The number of hydrogen-bond acceptors (Lipinski definition) is 7. The Bertz CT molecular complexity index is 981. The summed E-state index contributed by atoms with van der Waals surface area (Å²) in [6.07, 6.45) is 2.33. The zero-order chi connectivity index (χ0) is 22.0. The summed E-state index contributed by atoms with van der Waals surface area (Å²) in [6, 6.07) is 7.88. The third-order valence-corrected chi connectivity index (χ3v) is 6.40. The predicted octanol–water partition coefficient (Wildman–Crippen LogP) is 3.43. The van der Waals surface area contributed by atoms with Crippen molar-refractivity contribution in [3.63, 3.8) is 0 Å². The summed E-state index contributed by atoms with van der Waals surface area (Å²) in [5, 5.41) is 5.78. The molecule has 0 unspecified atom stereocenters. The number of aryl methyl sites for hydroxylation is 1. The first kappa shape index (κ1) is 21.6. The summed E-state index contributed by atoms with van der Waals surface area (Å²) in [6.45, 7) is 4.36. The maximum atomic E-state index is 13.1. The molecule has 0 spiro atoms. The first-order valence-electron chi connectivity index (χ1n) is 10.4. The number of esters is 1. The van der Waals surface area contributed by atoms with Crippen LogP contribution in [-0.2, 0) is 19.1 Å². The number of methoxy groups -OCH3 is 1. The maximum absolute atomic E-state index is 13.1. The molecule has 1 aliphatic carbocycles. The van der Waals surface area contributed by atoms with Crippen molar-refractivity contribution in [1.82, 2.24) is 10.2 Å². The summed E-state index contributed by atoms with van der Waals surface area (Å²) in [5.74, 6) is -0.418. The Balaban J connectivity index is 1.68. The number of nitrogens with zero attached hydrogens (tertiary/aromatic N) is 2. The zero-order valence-electron chi connectivity index (χ0n) is 18.0. The van der Waals surface area contributed by atoms with Crippen molar-refractivity contribution in [2.24, 2.45) is 4.99 Å². The molecule has 2 aliphatic heterocycles. The van der Waals surface area contributed by atoms with Crippen LogP contribution in [0.25, 0.3) is 0 Å². The Morgan fingerprint density at radius 1 is 1.23 bits per heavy atom. The van der Waals surface area contributed by atoms with Gasteiger partial charge >= 0.3 is 5.97 Å². The minimum atomic E-state index is -0.413. The summed E-state index contributed by atoms with van der Waals surface area (Å²) in [5.41, 5.74) is 4.01. The summed E-state index contributed by atoms with van der Waals surface area (Å²) >= 11 is 1.48. The van der Waals surface area contributed by atoms with Gasteiger partial charge in [-0.2, -0.15) is 0 Å². The van der Waals surface area contributed by atoms with Crippen LogP contribution in [0.5, 0.6) is 0 Å². The molecular formula is C23H27N3O4S. The highest BCUT2D eigenvalue weighted by Gasteiger charge is 2.41. The van der Waals surface area contributed by atoms with Crippen LogP contribution in [0.1, 0.15) is 43.4 Å². The number of carbonyl (C=O) groups is 2. The van der Waals surface area contributed by atoms with Crippen LogP contribution in [0.4, 0.5) is 0 Å². The van der Waals surface area contributed by atoms with Crippen molar-refractivity contribution in [3.05, 3.63) is 57.8 Å². The molecule has 0 bridgehead atoms. The molecular weight excluding hydrogens is 414 g/mol. The molecule has 1 atom stereocenters. The number of allylic oxidation sites excluding steroid dienone is 1. The molecule has 164 valence electrons. The molecule has 1 saturated carbocycles. The Kier molecular flexibility index (Phi) is 6.48. The first-order chi connectivity index (χ1) is 15.0. The van der Waals surface area contributed by atoms with Gasteiger partial charge in [-0.25, -0.2) is 9.79 Å². The third kappa shape index (κ3) is 4.70. The molecule has 0 radical (unpaired) electrons. The van der Waals surface area contributed by atoms with Gasteiger partial charge < -0.3 is 19.7 Å². The fourth-order valence-corrected chi connectivity index (χ4v) is 4.75. The van der Waals surface area contributed by atoms with Gasteiger partial charge in [0.2, 0.25) is 5.91 Å². The molecule has 1 amide bonds. The van der Waals surface area contributed by atoms with Crippen molar-refractivity contribution in [3.8, 4) is 0 Å². The van der Waals surface area contributed by atoms with Gasteiger partial charge in [-0.05, 0) is 43.2 Å². The van der Waals surface area contributed by atoms with E-state index in [-0.39, 0.29) is 18.9 Å². The fourth-order valence-electron chi connectivity index (χ4n) is 3.78. The minimum absolute atomic E-state index is 0.00497. The highest BCUT2D eigenvalue weighted by molar-refractivity contribution is 8.16. The van der Waals surface area contributed by atoms with Gasteiger partial charge in [0.1, 0.15) is 6.61 Å². The normalized spacial score (nSPS) is 20.2. The Hall–Kier alpha value is -2.58. The highest BCUT2D eigenvalue weighted by atomic mass is 32.2.